The highest BCUT2D eigenvalue weighted by atomic mass is 79.9. The minimum absolute atomic E-state index is 0.202. The Labute approximate surface area is 193 Å². The SMILES string of the molecule is CCOc1cc(/C=C(/C#N)c2cccc(F)c2)cc(Br)c1OCc1ccc(C(=O)O)cc1. The Morgan fingerprint density at radius 1 is 1.12 bits per heavy atom. The first-order valence-corrected chi connectivity index (χ1v) is 10.5. The van der Waals surface area contributed by atoms with Gasteiger partial charge in [0, 0.05) is 0 Å². The number of nitriles is 1. The Hall–Kier alpha value is -3.63. The Morgan fingerprint density at radius 3 is 2.50 bits per heavy atom. The van der Waals surface area contributed by atoms with E-state index in [9.17, 15) is 14.4 Å². The molecule has 3 rings (SSSR count). The predicted molar refractivity (Wildman–Crippen MR) is 123 cm³/mol. The number of hydrogen-bond donors (Lipinski definition) is 1. The molecule has 0 fully saturated rings. The van der Waals surface area contributed by atoms with Gasteiger partial charge in [0.05, 0.1) is 28.3 Å². The molecule has 0 saturated carbocycles. The van der Waals surface area contributed by atoms with E-state index in [1.165, 1.54) is 24.3 Å². The monoisotopic (exact) mass is 495 g/mol. The summed E-state index contributed by atoms with van der Waals surface area (Å²) in [5, 5.41) is 18.6. The second kappa shape index (κ2) is 10.6. The number of allylic oxidation sites excluding steroid dienone is 1. The van der Waals surface area contributed by atoms with Gasteiger partial charge in [-0.15, -0.1) is 0 Å². The summed E-state index contributed by atoms with van der Waals surface area (Å²) in [6.45, 7) is 2.46. The Kier molecular flexibility index (Phi) is 7.63. The predicted octanol–water partition coefficient (Wildman–Crippen LogP) is 6.33. The minimum atomic E-state index is -0.988. The lowest BCUT2D eigenvalue weighted by atomic mass is 10.0. The number of rotatable bonds is 8. The highest BCUT2D eigenvalue weighted by Crippen LogP contribution is 2.38. The normalized spacial score (nSPS) is 11.0. The standard InChI is InChI=1S/C25H19BrFNO4/c1-2-31-23-12-17(10-20(14-28)19-4-3-5-21(27)13-19)11-22(26)24(23)32-15-16-6-8-18(9-7-16)25(29)30/h3-13H,2,15H2,1H3,(H,29,30)/b20-10-. The Morgan fingerprint density at radius 2 is 1.88 bits per heavy atom. The van der Waals surface area contributed by atoms with Gasteiger partial charge in [0.2, 0.25) is 0 Å². The van der Waals surface area contributed by atoms with E-state index in [4.69, 9.17) is 14.6 Å². The summed E-state index contributed by atoms with van der Waals surface area (Å²) < 4.78 is 25.9. The first-order chi connectivity index (χ1) is 15.4. The molecule has 0 radical (unpaired) electrons. The van der Waals surface area contributed by atoms with Gasteiger partial charge in [0.25, 0.3) is 0 Å². The van der Waals surface area contributed by atoms with Gasteiger partial charge in [-0.05, 0) is 82.0 Å². The third-order valence-electron chi connectivity index (χ3n) is 4.48. The molecule has 3 aromatic rings. The van der Waals surface area contributed by atoms with Crippen LogP contribution in [0.1, 0.15) is 34.0 Å². The van der Waals surface area contributed by atoms with E-state index in [0.717, 1.165) is 5.56 Å². The van der Waals surface area contributed by atoms with E-state index in [1.54, 1.807) is 42.5 Å². The number of ether oxygens (including phenoxy) is 2. The van der Waals surface area contributed by atoms with Gasteiger partial charge in [-0.25, -0.2) is 9.18 Å². The number of carbonyl (C=O) groups is 1. The molecule has 0 aliphatic heterocycles. The van der Waals surface area contributed by atoms with Crippen LogP contribution in [0.15, 0.2) is 65.1 Å². The second-order valence-electron chi connectivity index (χ2n) is 6.73. The molecule has 0 aliphatic carbocycles. The fourth-order valence-corrected chi connectivity index (χ4v) is 3.55. The molecule has 0 heterocycles. The summed E-state index contributed by atoms with van der Waals surface area (Å²) in [6, 6.07) is 17.9. The zero-order valence-corrected chi connectivity index (χ0v) is 18.7. The molecule has 0 atom stereocenters. The van der Waals surface area contributed by atoms with Gasteiger partial charge in [-0.2, -0.15) is 5.26 Å². The zero-order valence-electron chi connectivity index (χ0n) is 17.1. The van der Waals surface area contributed by atoms with Crippen LogP contribution in [0.3, 0.4) is 0 Å². The van der Waals surface area contributed by atoms with Crippen LogP contribution in [-0.2, 0) is 6.61 Å². The van der Waals surface area contributed by atoms with E-state index in [2.05, 4.69) is 22.0 Å². The Balaban J connectivity index is 1.88. The van der Waals surface area contributed by atoms with Crippen molar-refractivity contribution in [3.05, 3.63) is 93.2 Å². The first-order valence-electron chi connectivity index (χ1n) is 9.70. The van der Waals surface area contributed by atoms with Gasteiger partial charge in [0.15, 0.2) is 11.5 Å². The molecule has 0 unspecified atom stereocenters. The lowest BCUT2D eigenvalue weighted by Gasteiger charge is -2.15. The van der Waals surface area contributed by atoms with E-state index < -0.39 is 11.8 Å². The number of carboxylic acid groups (broad SMARTS) is 1. The smallest absolute Gasteiger partial charge is 0.335 e. The quantitative estimate of drug-likeness (QED) is 0.291. The minimum Gasteiger partial charge on any atom is -0.490 e. The van der Waals surface area contributed by atoms with Crippen molar-refractivity contribution in [2.24, 2.45) is 0 Å². The molecule has 1 N–H and O–H groups in total. The number of aromatic carboxylic acids is 1. The largest absolute Gasteiger partial charge is 0.490 e. The number of benzene rings is 3. The first kappa shape index (κ1) is 23.0. The average molecular weight is 496 g/mol. The van der Waals surface area contributed by atoms with Gasteiger partial charge in [0.1, 0.15) is 12.4 Å². The molecule has 0 spiro atoms. The molecule has 0 bridgehead atoms. The molecule has 0 aromatic heterocycles. The van der Waals surface area contributed by atoms with Crippen molar-refractivity contribution in [2.45, 2.75) is 13.5 Å². The molecule has 7 heteroatoms. The average Bonchev–Trinajstić information content (AvgIpc) is 2.77. The highest BCUT2D eigenvalue weighted by Gasteiger charge is 2.13. The van der Waals surface area contributed by atoms with E-state index in [-0.39, 0.29) is 12.2 Å². The van der Waals surface area contributed by atoms with Gasteiger partial charge in [-0.3, -0.25) is 0 Å². The van der Waals surface area contributed by atoms with Crippen LogP contribution in [0.4, 0.5) is 4.39 Å². The highest BCUT2D eigenvalue weighted by molar-refractivity contribution is 9.10. The van der Waals surface area contributed by atoms with Crippen LogP contribution in [0, 0.1) is 17.1 Å². The van der Waals surface area contributed by atoms with Crippen LogP contribution >= 0.6 is 15.9 Å². The summed E-state index contributed by atoms with van der Waals surface area (Å²) in [7, 11) is 0. The summed E-state index contributed by atoms with van der Waals surface area (Å²) >= 11 is 3.50. The topological polar surface area (TPSA) is 79.5 Å². The lowest BCUT2D eigenvalue weighted by molar-refractivity contribution is 0.0697. The van der Waals surface area contributed by atoms with E-state index >= 15 is 0 Å². The molecule has 32 heavy (non-hydrogen) atoms. The third kappa shape index (κ3) is 5.74. The fraction of sp³-hybridized carbons (Fsp3) is 0.120. The van der Waals surface area contributed by atoms with Crippen molar-refractivity contribution < 1.29 is 23.8 Å². The van der Waals surface area contributed by atoms with Crippen LogP contribution in [-0.4, -0.2) is 17.7 Å². The summed E-state index contributed by atoms with van der Waals surface area (Å²) in [5.41, 5.74) is 2.47. The summed E-state index contributed by atoms with van der Waals surface area (Å²) in [5.74, 6) is -0.445. The number of nitrogens with zero attached hydrogens (tertiary/aromatic N) is 1. The van der Waals surface area contributed by atoms with Crippen molar-refractivity contribution >= 4 is 33.5 Å². The molecular weight excluding hydrogens is 477 g/mol. The maximum absolute atomic E-state index is 13.6. The number of halogens is 2. The van der Waals surface area contributed by atoms with Crippen molar-refractivity contribution in [3.8, 4) is 17.6 Å². The van der Waals surface area contributed by atoms with Crippen LogP contribution < -0.4 is 9.47 Å². The van der Waals surface area contributed by atoms with E-state index in [0.29, 0.717) is 39.3 Å². The molecular formula is C25H19BrFNO4. The summed E-state index contributed by atoms with van der Waals surface area (Å²) in [4.78, 5) is 11.0. The second-order valence-corrected chi connectivity index (χ2v) is 7.59. The molecule has 0 saturated heterocycles. The van der Waals surface area contributed by atoms with E-state index in [1.807, 2.05) is 6.92 Å². The maximum Gasteiger partial charge on any atom is 0.335 e. The number of hydrogen-bond acceptors (Lipinski definition) is 4. The van der Waals surface area contributed by atoms with Crippen molar-refractivity contribution in [1.29, 1.82) is 5.26 Å². The number of carboxylic acids is 1. The van der Waals surface area contributed by atoms with Gasteiger partial charge >= 0.3 is 5.97 Å². The van der Waals surface area contributed by atoms with Crippen molar-refractivity contribution in [1.82, 2.24) is 0 Å². The lowest BCUT2D eigenvalue weighted by Crippen LogP contribution is -2.02. The molecule has 0 aliphatic rings. The van der Waals surface area contributed by atoms with Crippen molar-refractivity contribution in [3.63, 3.8) is 0 Å². The molecule has 0 amide bonds. The van der Waals surface area contributed by atoms with Gasteiger partial charge < -0.3 is 14.6 Å². The molecule has 3 aromatic carbocycles. The fourth-order valence-electron chi connectivity index (χ4n) is 2.98. The van der Waals surface area contributed by atoms with Crippen molar-refractivity contribution in [2.75, 3.05) is 6.61 Å². The van der Waals surface area contributed by atoms with Crippen LogP contribution in [0.25, 0.3) is 11.6 Å². The maximum atomic E-state index is 13.6. The van der Waals surface area contributed by atoms with Crippen LogP contribution in [0.2, 0.25) is 0 Å². The Bertz CT molecular complexity index is 1200. The molecule has 162 valence electrons. The van der Waals surface area contributed by atoms with Gasteiger partial charge in [-0.1, -0.05) is 24.3 Å². The summed E-state index contributed by atoms with van der Waals surface area (Å²) in [6.07, 6.45) is 1.65. The zero-order chi connectivity index (χ0) is 23.1. The molecule has 5 nitrogen and oxygen atoms in total. The third-order valence-corrected chi connectivity index (χ3v) is 5.07. The van der Waals surface area contributed by atoms with Crippen LogP contribution in [0.5, 0.6) is 11.5 Å².